The van der Waals surface area contributed by atoms with E-state index in [9.17, 15) is 0 Å². The van der Waals surface area contributed by atoms with Crippen LogP contribution in [0.1, 0.15) is 38.3 Å². The summed E-state index contributed by atoms with van der Waals surface area (Å²) in [6.45, 7) is 6.38. The minimum absolute atomic E-state index is 0.247. The zero-order chi connectivity index (χ0) is 14.4. The Balaban J connectivity index is 1.83. The van der Waals surface area contributed by atoms with Gasteiger partial charge in [-0.15, -0.1) is 0 Å². The molecule has 1 aromatic heterocycles. The number of ether oxygens (including phenoxy) is 2. The molecule has 20 heavy (non-hydrogen) atoms. The summed E-state index contributed by atoms with van der Waals surface area (Å²) in [6.07, 6.45) is 7.62. The summed E-state index contributed by atoms with van der Waals surface area (Å²) in [6, 6.07) is 0.247. The SMILES string of the molecule is COCC(C)Nc1nc(C)cn1CCOC1CCCC1. The van der Waals surface area contributed by atoms with Crippen molar-refractivity contribution >= 4 is 5.95 Å². The number of anilines is 1. The molecule has 0 aromatic carbocycles. The number of hydrogen-bond donors (Lipinski definition) is 1. The van der Waals surface area contributed by atoms with E-state index >= 15 is 0 Å². The van der Waals surface area contributed by atoms with E-state index in [1.165, 1.54) is 25.7 Å². The second kappa shape index (κ2) is 7.64. The number of nitrogens with one attached hydrogen (secondary N) is 1. The van der Waals surface area contributed by atoms with Crippen molar-refractivity contribution in [3.8, 4) is 0 Å². The van der Waals surface area contributed by atoms with Gasteiger partial charge in [0.1, 0.15) is 0 Å². The third-order valence-electron chi connectivity index (χ3n) is 3.68. The quantitative estimate of drug-likeness (QED) is 0.795. The Bertz CT molecular complexity index is 400. The maximum atomic E-state index is 5.92. The van der Waals surface area contributed by atoms with Gasteiger partial charge in [-0.1, -0.05) is 12.8 Å². The highest BCUT2D eigenvalue weighted by Crippen LogP contribution is 2.21. The standard InChI is InChI=1S/C15H27N3O2/c1-12-10-18(8-9-20-14-6-4-5-7-14)15(16-12)17-13(2)11-19-3/h10,13-14H,4-9,11H2,1-3H3,(H,16,17). The molecule has 1 atom stereocenters. The Morgan fingerprint density at radius 3 is 2.90 bits per heavy atom. The van der Waals surface area contributed by atoms with Crippen LogP contribution in [0.3, 0.4) is 0 Å². The first kappa shape index (κ1) is 15.3. The highest BCUT2D eigenvalue weighted by Gasteiger charge is 2.15. The lowest BCUT2D eigenvalue weighted by Crippen LogP contribution is -2.23. The zero-order valence-electron chi connectivity index (χ0n) is 12.9. The molecule has 1 N–H and O–H groups in total. The van der Waals surface area contributed by atoms with E-state index < -0.39 is 0 Å². The fourth-order valence-corrected chi connectivity index (χ4v) is 2.72. The molecule has 1 saturated carbocycles. The fraction of sp³-hybridized carbons (Fsp3) is 0.800. The number of rotatable bonds is 8. The molecule has 0 radical (unpaired) electrons. The van der Waals surface area contributed by atoms with Gasteiger partial charge >= 0.3 is 0 Å². The van der Waals surface area contributed by atoms with Crippen molar-refractivity contribution in [3.05, 3.63) is 11.9 Å². The van der Waals surface area contributed by atoms with Gasteiger partial charge in [-0.05, 0) is 26.7 Å². The lowest BCUT2D eigenvalue weighted by atomic mass is 10.3. The van der Waals surface area contributed by atoms with E-state index in [2.05, 4.69) is 28.0 Å². The van der Waals surface area contributed by atoms with Crippen LogP contribution < -0.4 is 5.32 Å². The van der Waals surface area contributed by atoms with Crippen LogP contribution in [0.25, 0.3) is 0 Å². The molecule has 5 heteroatoms. The van der Waals surface area contributed by atoms with Crippen LogP contribution in [0.15, 0.2) is 6.20 Å². The Labute approximate surface area is 121 Å². The average Bonchev–Trinajstić information content (AvgIpc) is 3.00. The van der Waals surface area contributed by atoms with Gasteiger partial charge in [-0.25, -0.2) is 4.98 Å². The lowest BCUT2D eigenvalue weighted by Gasteiger charge is -2.16. The maximum Gasteiger partial charge on any atom is 0.203 e. The number of imidazole rings is 1. The van der Waals surface area contributed by atoms with E-state index in [0.29, 0.717) is 12.7 Å². The van der Waals surface area contributed by atoms with Crippen LogP contribution in [-0.4, -0.2) is 42.0 Å². The van der Waals surface area contributed by atoms with Crippen molar-refractivity contribution in [3.63, 3.8) is 0 Å². The molecule has 1 unspecified atom stereocenters. The van der Waals surface area contributed by atoms with E-state index in [0.717, 1.165) is 24.8 Å². The molecule has 1 heterocycles. The summed E-state index contributed by atoms with van der Waals surface area (Å²) >= 11 is 0. The van der Waals surface area contributed by atoms with E-state index in [4.69, 9.17) is 9.47 Å². The number of aromatic nitrogens is 2. The van der Waals surface area contributed by atoms with Crippen molar-refractivity contribution in [1.82, 2.24) is 9.55 Å². The average molecular weight is 281 g/mol. The van der Waals surface area contributed by atoms with Crippen molar-refractivity contribution in [2.45, 2.75) is 58.2 Å². The topological polar surface area (TPSA) is 48.3 Å². The van der Waals surface area contributed by atoms with Gasteiger partial charge in [0.05, 0.1) is 25.0 Å². The molecule has 2 rings (SSSR count). The first-order chi connectivity index (χ1) is 9.69. The Hall–Kier alpha value is -1.07. The Morgan fingerprint density at radius 2 is 2.20 bits per heavy atom. The van der Waals surface area contributed by atoms with Crippen molar-refractivity contribution < 1.29 is 9.47 Å². The lowest BCUT2D eigenvalue weighted by molar-refractivity contribution is 0.0532. The van der Waals surface area contributed by atoms with Gasteiger partial charge in [0.15, 0.2) is 0 Å². The molecular weight excluding hydrogens is 254 g/mol. The number of methoxy groups -OCH3 is 1. The van der Waals surface area contributed by atoms with Crippen LogP contribution in [0.2, 0.25) is 0 Å². The molecule has 1 fully saturated rings. The second-order valence-electron chi connectivity index (χ2n) is 5.68. The van der Waals surface area contributed by atoms with E-state index in [1.807, 2.05) is 6.92 Å². The van der Waals surface area contributed by atoms with Crippen molar-refractivity contribution in [1.29, 1.82) is 0 Å². The molecule has 1 aliphatic carbocycles. The second-order valence-corrected chi connectivity index (χ2v) is 5.68. The third kappa shape index (κ3) is 4.49. The first-order valence-corrected chi connectivity index (χ1v) is 7.60. The smallest absolute Gasteiger partial charge is 0.203 e. The Kier molecular flexibility index (Phi) is 5.86. The molecule has 0 amide bonds. The predicted molar refractivity (Wildman–Crippen MR) is 80.1 cm³/mol. The zero-order valence-corrected chi connectivity index (χ0v) is 12.9. The van der Waals surface area contributed by atoms with Crippen molar-refractivity contribution in [2.75, 3.05) is 25.6 Å². The van der Waals surface area contributed by atoms with Gasteiger partial charge < -0.3 is 19.4 Å². The molecule has 0 bridgehead atoms. The van der Waals surface area contributed by atoms with Crippen LogP contribution in [0.4, 0.5) is 5.95 Å². The summed E-state index contributed by atoms with van der Waals surface area (Å²) in [7, 11) is 1.71. The summed E-state index contributed by atoms with van der Waals surface area (Å²) in [5, 5.41) is 3.38. The molecular formula is C15H27N3O2. The van der Waals surface area contributed by atoms with Crippen LogP contribution in [0.5, 0.6) is 0 Å². The molecule has 114 valence electrons. The van der Waals surface area contributed by atoms with Crippen molar-refractivity contribution in [2.24, 2.45) is 0 Å². The summed E-state index contributed by atoms with van der Waals surface area (Å²) in [4.78, 5) is 4.52. The highest BCUT2D eigenvalue weighted by atomic mass is 16.5. The van der Waals surface area contributed by atoms with Gasteiger partial charge in [-0.2, -0.15) is 0 Å². The summed E-state index contributed by atoms with van der Waals surface area (Å²) in [5.74, 6) is 0.905. The van der Waals surface area contributed by atoms with Crippen LogP contribution in [0, 0.1) is 6.92 Å². The largest absolute Gasteiger partial charge is 0.383 e. The molecule has 5 nitrogen and oxygen atoms in total. The van der Waals surface area contributed by atoms with E-state index in [-0.39, 0.29) is 6.04 Å². The fourth-order valence-electron chi connectivity index (χ4n) is 2.72. The molecule has 0 spiro atoms. The van der Waals surface area contributed by atoms with Gasteiger partial charge in [0, 0.05) is 25.9 Å². The number of nitrogens with zero attached hydrogens (tertiary/aromatic N) is 2. The van der Waals surface area contributed by atoms with E-state index in [1.54, 1.807) is 7.11 Å². The summed E-state index contributed by atoms with van der Waals surface area (Å²) in [5.41, 5.74) is 1.03. The minimum Gasteiger partial charge on any atom is -0.383 e. The van der Waals surface area contributed by atoms with Gasteiger partial charge in [0.2, 0.25) is 5.95 Å². The third-order valence-corrected chi connectivity index (χ3v) is 3.68. The number of aryl methyl sites for hydroxylation is 1. The predicted octanol–water partition coefficient (Wildman–Crippen LogP) is 2.60. The molecule has 1 aromatic rings. The maximum absolute atomic E-state index is 5.92. The highest BCUT2D eigenvalue weighted by molar-refractivity contribution is 5.30. The molecule has 0 saturated heterocycles. The van der Waals surface area contributed by atoms with Gasteiger partial charge in [-0.3, -0.25) is 0 Å². The number of hydrogen-bond acceptors (Lipinski definition) is 4. The summed E-state index contributed by atoms with van der Waals surface area (Å²) < 4.78 is 13.2. The Morgan fingerprint density at radius 1 is 1.45 bits per heavy atom. The van der Waals surface area contributed by atoms with Crippen LogP contribution >= 0.6 is 0 Å². The normalized spacial score (nSPS) is 17.6. The van der Waals surface area contributed by atoms with Crippen LogP contribution in [-0.2, 0) is 16.0 Å². The van der Waals surface area contributed by atoms with Gasteiger partial charge in [0.25, 0.3) is 0 Å². The molecule has 1 aliphatic rings. The molecule has 0 aliphatic heterocycles. The monoisotopic (exact) mass is 281 g/mol. The minimum atomic E-state index is 0.247. The first-order valence-electron chi connectivity index (χ1n) is 7.60.